The number of hydrogen-bond acceptors (Lipinski definition) is 6. The van der Waals surface area contributed by atoms with Crippen LogP contribution in [0.1, 0.15) is 36.9 Å². The first kappa shape index (κ1) is 21.1. The van der Waals surface area contributed by atoms with E-state index < -0.39 is 11.3 Å². The van der Waals surface area contributed by atoms with Gasteiger partial charge in [-0.3, -0.25) is 9.69 Å². The van der Waals surface area contributed by atoms with Gasteiger partial charge in [0.15, 0.2) is 0 Å². The summed E-state index contributed by atoms with van der Waals surface area (Å²) >= 11 is 1.43. The van der Waals surface area contributed by atoms with Crippen molar-refractivity contribution in [1.82, 2.24) is 20.9 Å². The molecule has 1 aromatic heterocycles. The van der Waals surface area contributed by atoms with Gasteiger partial charge in [-0.2, -0.15) is 0 Å². The molecule has 0 radical (unpaired) electrons. The number of anilines is 2. The number of urea groups is 1. The molecule has 0 bridgehead atoms. The van der Waals surface area contributed by atoms with E-state index in [1.165, 1.54) is 11.8 Å². The summed E-state index contributed by atoms with van der Waals surface area (Å²) in [6.07, 6.45) is 3.72. The van der Waals surface area contributed by atoms with Crippen LogP contribution in [0.15, 0.2) is 35.5 Å². The number of nitrogens with zero attached hydrogens (tertiary/aromatic N) is 2. The largest absolute Gasteiger partial charge is 0.494 e. The van der Waals surface area contributed by atoms with Crippen molar-refractivity contribution in [1.29, 1.82) is 0 Å². The van der Waals surface area contributed by atoms with E-state index in [-0.39, 0.29) is 18.0 Å². The molecule has 0 aliphatic carbocycles. The van der Waals surface area contributed by atoms with Gasteiger partial charge in [0, 0.05) is 24.3 Å². The SMILES string of the molecule is CCOc1ccc(N2C(=O)NC3c4c2ccnc4S[C@H]3C(=O)NC2CCCNC2)c(C)c1. The molecule has 2 unspecified atom stereocenters. The van der Waals surface area contributed by atoms with Crippen LogP contribution in [0.3, 0.4) is 0 Å². The van der Waals surface area contributed by atoms with Gasteiger partial charge >= 0.3 is 6.03 Å². The van der Waals surface area contributed by atoms with Gasteiger partial charge in [-0.25, -0.2) is 9.78 Å². The molecule has 5 rings (SSSR count). The fourth-order valence-corrected chi connectivity index (χ4v) is 5.89. The molecule has 9 heteroatoms. The lowest BCUT2D eigenvalue weighted by atomic mass is 9.99. The number of benzene rings is 1. The Bertz CT molecular complexity index is 1060. The molecule has 4 heterocycles. The number of ether oxygens (including phenoxy) is 1. The van der Waals surface area contributed by atoms with Gasteiger partial charge < -0.3 is 20.7 Å². The Morgan fingerprint density at radius 1 is 1.34 bits per heavy atom. The molecule has 8 nitrogen and oxygen atoms in total. The zero-order chi connectivity index (χ0) is 22.2. The molecule has 3 N–H and O–H groups in total. The number of nitrogens with one attached hydrogen (secondary N) is 3. The van der Waals surface area contributed by atoms with Crippen molar-refractivity contribution < 1.29 is 14.3 Å². The number of piperidine rings is 1. The van der Waals surface area contributed by atoms with Crippen molar-refractivity contribution in [3.63, 3.8) is 0 Å². The van der Waals surface area contributed by atoms with Gasteiger partial charge in [-0.15, -0.1) is 0 Å². The molecule has 1 aromatic carbocycles. The number of thioether (sulfide) groups is 1. The Morgan fingerprint density at radius 2 is 2.22 bits per heavy atom. The number of rotatable bonds is 5. The first-order chi connectivity index (χ1) is 15.6. The standard InChI is InChI=1S/C23H27N5O3S/c1-3-31-15-6-7-16(13(2)11-15)28-17-8-10-25-22-18(17)19(27-23(28)30)20(32-22)21(29)26-14-5-4-9-24-12-14/h6-8,10-11,14,19-20,24H,3-5,9,12H2,1-2H3,(H,26,29)(H,27,30)/t14?,19?,20-/m1/s1. The molecular formula is C23H27N5O3S. The lowest BCUT2D eigenvalue weighted by Gasteiger charge is -2.35. The second-order valence-corrected chi connectivity index (χ2v) is 9.41. The molecule has 2 aromatic rings. The highest BCUT2D eigenvalue weighted by Crippen LogP contribution is 2.51. The van der Waals surface area contributed by atoms with Crippen molar-refractivity contribution in [2.45, 2.75) is 49.0 Å². The number of aromatic nitrogens is 1. The molecule has 1 fully saturated rings. The molecule has 0 spiro atoms. The number of carbonyl (C=O) groups excluding carboxylic acids is 2. The molecular weight excluding hydrogens is 426 g/mol. The summed E-state index contributed by atoms with van der Waals surface area (Å²) in [7, 11) is 0. The van der Waals surface area contributed by atoms with E-state index in [4.69, 9.17) is 4.74 Å². The average molecular weight is 454 g/mol. The van der Waals surface area contributed by atoms with Gasteiger partial charge in [-0.05, 0) is 63.1 Å². The van der Waals surface area contributed by atoms with Gasteiger partial charge in [0.05, 0.1) is 24.0 Å². The summed E-state index contributed by atoms with van der Waals surface area (Å²) < 4.78 is 5.59. The maximum atomic E-state index is 13.3. The lowest BCUT2D eigenvalue weighted by Crippen LogP contribution is -2.52. The summed E-state index contributed by atoms with van der Waals surface area (Å²) in [5, 5.41) is 9.92. The highest BCUT2D eigenvalue weighted by molar-refractivity contribution is 8.01. The van der Waals surface area contributed by atoms with Crippen LogP contribution >= 0.6 is 11.8 Å². The molecule has 3 amide bonds. The van der Waals surface area contributed by atoms with Crippen molar-refractivity contribution in [2.24, 2.45) is 0 Å². The number of aryl methyl sites for hydroxylation is 1. The first-order valence-electron chi connectivity index (χ1n) is 11.1. The van der Waals surface area contributed by atoms with E-state index in [2.05, 4.69) is 20.9 Å². The Morgan fingerprint density at radius 3 is 2.97 bits per heavy atom. The average Bonchev–Trinajstić information content (AvgIpc) is 3.15. The van der Waals surface area contributed by atoms with Crippen LogP contribution in [0, 0.1) is 6.92 Å². The Hall–Kier alpha value is -2.78. The molecule has 3 aliphatic heterocycles. The Labute approximate surface area is 191 Å². The number of pyridine rings is 1. The predicted molar refractivity (Wildman–Crippen MR) is 124 cm³/mol. The first-order valence-corrected chi connectivity index (χ1v) is 12.0. The van der Waals surface area contributed by atoms with Crippen molar-refractivity contribution in [3.8, 4) is 5.75 Å². The monoisotopic (exact) mass is 453 g/mol. The molecule has 32 heavy (non-hydrogen) atoms. The maximum absolute atomic E-state index is 13.3. The fraction of sp³-hybridized carbons (Fsp3) is 0.435. The molecule has 3 atom stereocenters. The van der Waals surface area contributed by atoms with E-state index >= 15 is 0 Å². The van der Waals surface area contributed by atoms with E-state index in [1.54, 1.807) is 11.1 Å². The lowest BCUT2D eigenvalue weighted by molar-refractivity contribution is -0.121. The highest BCUT2D eigenvalue weighted by Gasteiger charge is 2.47. The van der Waals surface area contributed by atoms with Crippen LogP contribution in [-0.4, -0.2) is 47.9 Å². The van der Waals surface area contributed by atoms with E-state index in [0.29, 0.717) is 6.61 Å². The van der Waals surface area contributed by atoms with Crippen molar-refractivity contribution >= 4 is 35.1 Å². The fourth-order valence-electron chi connectivity index (χ4n) is 4.66. The van der Waals surface area contributed by atoms with Crippen LogP contribution in [0.5, 0.6) is 5.75 Å². The minimum Gasteiger partial charge on any atom is -0.494 e. The molecule has 0 saturated carbocycles. The van der Waals surface area contributed by atoms with Crippen LogP contribution < -0.4 is 25.6 Å². The third-order valence-corrected chi connectivity index (χ3v) is 7.42. The zero-order valence-corrected chi connectivity index (χ0v) is 19.0. The summed E-state index contributed by atoms with van der Waals surface area (Å²) in [4.78, 5) is 32.6. The van der Waals surface area contributed by atoms with Gasteiger partial charge in [0.1, 0.15) is 16.0 Å². The normalized spacial score (nSPS) is 24.0. The van der Waals surface area contributed by atoms with Gasteiger partial charge in [0.25, 0.3) is 0 Å². The maximum Gasteiger partial charge on any atom is 0.327 e. The third kappa shape index (κ3) is 3.69. The number of hydrogen-bond donors (Lipinski definition) is 3. The zero-order valence-electron chi connectivity index (χ0n) is 18.2. The third-order valence-electron chi connectivity index (χ3n) is 6.13. The second-order valence-electron chi connectivity index (χ2n) is 8.28. The van der Waals surface area contributed by atoms with Crippen LogP contribution in [-0.2, 0) is 4.79 Å². The van der Waals surface area contributed by atoms with Crippen molar-refractivity contribution in [2.75, 3.05) is 24.6 Å². The van der Waals surface area contributed by atoms with Crippen molar-refractivity contribution in [3.05, 3.63) is 41.6 Å². The van der Waals surface area contributed by atoms with E-state index in [1.807, 2.05) is 38.1 Å². The smallest absolute Gasteiger partial charge is 0.327 e. The molecule has 3 aliphatic rings. The van der Waals surface area contributed by atoms with Crippen LogP contribution in [0.25, 0.3) is 0 Å². The van der Waals surface area contributed by atoms with E-state index in [0.717, 1.165) is 59.2 Å². The minimum absolute atomic E-state index is 0.0522. The minimum atomic E-state index is -0.437. The quantitative estimate of drug-likeness (QED) is 0.644. The number of amides is 3. The van der Waals surface area contributed by atoms with Gasteiger partial charge in [0.2, 0.25) is 5.91 Å². The topological polar surface area (TPSA) is 95.6 Å². The van der Waals surface area contributed by atoms with Gasteiger partial charge in [-0.1, -0.05) is 11.8 Å². The highest BCUT2D eigenvalue weighted by atomic mass is 32.2. The molecule has 168 valence electrons. The second kappa shape index (κ2) is 8.63. The van der Waals surface area contributed by atoms with Crippen LogP contribution in [0.4, 0.5) is 16.2 Å². The molecule has 1 saturated heterocycles. The van der Waals surface area contributed by atoms with Crippen LogP contribution in [0.2, 0.25) is 0 Å². The summed E-state index contributed by atoms with van der Waals surface area (Å²) in [6, 6.07) is 7.03. The summed E-state index contributed by atoms with van der Waals surface area (Å²) in [5.74, 6) is 0.720. The Kier molecular flexibility index (Phi) is 5.69. The Balaban J connectivity index is 1.45. The van der Waals surface area contributed by atoms with E-state index in [9.17, 15) is 9.59 Å². The summed E-state index contributed by atoms with van der Waals surface area (Å²) in [6.45, 7) is 6.25. The number of carbonyl (C=O) groups is 2. The summed E-state index contributed by atoms with van der Waals surface area (Å²) in [5.41, 5.74) is 3.40. The predicted octanol–water partition coefficient (Wildman–Crippen LogP) is 3.03.